The van der Waals surface area contributed by atoms with Crippen molar-refractivity contribution in [2.75, 3.05) is 6.61 Å². The number of amides is 1. The predicted octanol–water partition coefficient (Wildman–Crippen LogP) is 0.437. The molecule has 64 valence electrons. The molecule has 0 saturated heterocycles. The lowest BCUT2D eigenvalue weighted by Gasteiger charge is -2.07. The summed E-state index contributed by atoms with van der Waals surface area (Å²) in [5.74, 6) is -0.800. The number of hydrogen-bond donors (Lipinski definition) is 2. The lowest BCUT2D eigenvalue weighted by atomic mass is 10.0. The summed E-state index contributed by atoms with van der Waals surface area (Å²) in [5.41, 5.74) is 5.00. The van der Waals surface area contributed by atoms with Crippen molar-refractivity contribution in [3.8, 4) is 0 Å². The van der Waals surface area contributed by atoms with Crippen molar-refractivity contribution in [2.24, 2.45) is 11.7 Å². The van der Waals surface area contributed by atoms with E-state index in [0.29, 0.717) is 6.42 Å². The van der Waals surface area contributed by atoms with Gasteiger partial charge in [0.1, 0.15) is 0 Å². The molecule has 0 aromatic rings. The van der Waals surface area contributed by atoms with Gasteiger partial charge in [0.2, 0.25) is 5.91 Å². The van der Waals surface area contributed by atoms with Crippen LogP contribution >= 0.6 is 0 Å². The van der Waals surface area contributed by atoms with E-state index in [-0.39, 0.29) is 12.5 Å². The number of carbonyl (C=O) groups excluding carboxylic acids is 1. The summed E-state index contributed by atoms with van der Waals surface area (Å²) in [5, 5.41) is 8.67. The van der Waals surface area contributed by atoms with Crippen LogP contribution in [0.3, 0.4) is 0 Å². The van der Waals surface area contributed by atoms with Crippen molar-refractivity contribution in [1.29, 1.82) is 0 Å². The molecule has 1 amide bonds. The molecule has 0 saturated carbocycles. The monoisotopic (exact) mass is 157 g/mol. The zero-order valence-corrected chi connectivity index (χ0v) is 6.62. The number of aliphatic hydroxyl groups is 1. The molecule has 0 aliphatic carbocycles. The molecule has 3 heteroatoms. The SMILES string of the molecule is C=CCCCC(CO)C(N)=O. The maximum atomic E-state index is 10.6. The van der Waals surface area contributed by atoms with Crippen molar-refractivity contribution in [3.63, 3.8) is 0 Å². The fourth-order valence-electron chi connectivity index (χ4n) is 0.832. The zero-order valence-electron chi connectivity index (χ0n) is 6.62. The van der Waals surface area contributed by atoms with Crippen LogP contribution in [0.2, 0.25) is 0 Å². The average molecular weight is 157 g/mol. The molecule has 0 heterocycles. The number of carbonyl (C=O) groups is 1. The smallest absolute Gasteiger partial charge is 0.222 e. The number of rotatable bonds is 6. The maximum absolute atomic E-state index is 10.6. The van der Waals surface area contributed by atoms with Crippen LogP contribution in [0.15, 0.2) is 12.7 Å². The molecule has 0 aromatic carbocycles. The molecule has 0 fully saturated rings. The lowest BCUT2D eigenvalue weighted by molar-refractivity contribution is -0.123. The fourth-order valence-corrected chi connectivity index (χ4v) is 0.832. The number of allylic oxidation sites excluding steroid dienone is 1. The van der Waals surface area contributed by atoms with Crippen LogP contribution in [0, 0.1) is 5.92 Å². The molecule has 3 N–H and O–H groups in total. The Morgan fingerprint density at radius 3 is 2.73 bits per heavy atom. The van der Waals surface area contributed by atoms with E-state index in [1.54, 1.807) is 6.08 Å². The molecule has 0 aliphatic heterocycles. The minimum absolute atomic E-state index is 0.146. The van der Waals surface area contributed by atoms with Crippen LogP contribution in [0.25, 0.3) is 0 Å². The third-order valence-corrected chi connectivity index (χ3v) is 1.58. The first-order valence-electron chi connectivity index (χ1n) is 3.73. The van der Waals surface area contributed by atoms with E-state index in [4.69, 9.17) is 10.8 Å². The largest absolute Gasteiger partial charge is 0.396 e. The Morgan fingerprint density at radius 1 is 1.73 bits per heavy atom. The van der Waals surface area contributed by atoms with E-state index in [1.165, 1.54) is 0 Å². The molecule has 11 heavy (non-hydrogen) atoms. The first-order valence-corrected chi connectivity index (χ1v) is 3.73. The van der Waals surface area contributed by atoms with E-state index >= 15 is 0 Å². The Kier molecular flexibility index (Phi) is 5.47. The van der Waals surface area contributed by atoms with Crippen LogP contribution in [0.4, 0.5) is 0 Å². The summed E-state index contributed by atoms with van der Waals surface area (Å²) >= 11 is 0. The Hall–Kier alpha value is -0.830. The van der Waals surface area contributed by atoms with Gasteiger partial charge in [0, 0.05) is 0 Å². The van der Waals surface area contributed by atoms with Gasteiger partial charge in [-0.2, -0.15) is 0 Å². The second kappa shape index (κ2) is 5.92. The summed E-state index contributed by atoms with van der Waals surface area (Å²) in [6, 6.07) is 0. The molecule has 1 atom stereocenters. The van der Waals surface area contributed by atoms with E-state index in [0.717, 1.165) is 12.8 Å². The number of hydrogen-bond acceptors (Lipinski definition) is 2. The number of nitrogens with two attached hydrogens (primary N) is 1. The van der Waals surface area contributed by atoms with Gasteiger partial charge >= 0.3 is 0 Å². The highest BCUT2D eigenvalue weighted by atomic mass is 16.3. The molecule has 0 bridgehead atoms. The maximum Gasteiger partial charge on any atom is 0.222 e. The van der Waals surface area contributed by atoms with E-state index in [1.807, 2.05) is 0 Å². The Bertz CT molecular complexity index is 134. The molecule has 0 aromatic heterocycles. The third kappa shape index (κ3) is 4.56. The second-order valence-electron chi connectivity index (χ2n) is 2.50. The van der Waals surface area contributed by atoms with E-state index < -0.39 is 5.91 Å². The summed E-state index contributed by atoms with van der Waals surface area (Å²) in [6.07, 6.45) is 4.16. The van der Waals surface area contributed by atoms with Gasteiger partial charge in [-0.15, -0.1) is 6.58 Å². The van der Waals surface area contributed by atoms with Crippen molar-refractivity contribution < 1.29 is 9.90 Å². The fraction of sp³-hybridized carbons (Fsp3) is 0.625. The van der Waals surface area contributed by atoms with Crippen molar-refractivity contribution in [3.05, 3.63) is 12.7 Å². The van der Waals surface area contributed by atoms with Crippen molar-refractivity contribution >= 4 is 5.91 Å². The highest BCUT2D eigenvalue weighted by molar-refractivity contribution is 5.76. The van der Waals surface area contributed by atoms with E-state index in [9.17, 15) is 4.79 Å². The Balaban J connectivity index is 3.52. The molecular weight excluding hydrogens is 142 g/mol. The lowest BCUT2D eigenvalue weighted by Crippen LogP contribution is -2.25. The molecule has 0 rings (SSSR count). The van der Waals surface area contributed by atoms with Crippen LogP contribution in [0.1, 0.15) is 19.3 Å². The molecule has 0 radical (unpaired) electrons. The second-order valence-corrected chi connectivity index (χ2v) is 2.50. The van der Waals surface area contributed by atoms with Crippen LogP contribution in [-0.4, -0.2) is 17.6 Å². The van der Waals surface area contributed by atoms with Gasteiger partial charge in [0.15, 0.2) is 0 Å². The van der Waals surface area contributed by atoms with Crippen LogP contribution in [-0.2, 0) is 4.79 Å². The minimum atomic E-state index is -0.420. The highest BCUT2D eigenvalue weighted by Gasteiger charge is 2.12. The van der Waals surface area contributed by atoms with Gasteiger partial charge in [0.05, 0.1) is 12.5 Å². The first kappa shape index (κ1) is 10.2. The predicted molar refractivity (Wildman–Crippen MR) is 43.8 cm³/mol. The first-order chi connectivity index (χ1) is 5.22. The van der Waals surface area contributed by atoms with Gasteiger partial charge in [-0.3, -0.25) is 4.79 Å². The zero-order chi connectivity index (χ0) is 8.69. The standard InChI is InChI=1S/C8H15NO2/c1-2-3-4-5-7(6-10)8(9)11/h2,7,10H,1,3-6H2,(H2,9,11). The van der Waals surface area contributed by atoms with Gasteiger partial charge < -0.3 is 10.8 Å². The Labute approximate surface area is 66.9 Å². The topological polar surface area (TPSA) is 63.3 Å². The quantitative estimate of drug-likeness (QED) is 0.434. The normalized spacial score (nSPS) is 12.5. The summed E-state index contributed by atoms with van der Waals surface area (Å²) < 4.78 is 0. The van der Waals surface area contributed by atoms with Crippen LogP contribution in [0.5, 0.6) is 0 Å². The molecular formula is C8H15NO2. The van der Waals surface area contributed by atoms with Crippen molar-refractivity contribution in [2.45, 2.75) is 19.3 Å². The molecule has 3 nitrogen and oxygen atoms in total. The van der Waals surface area contributed by atoms with Crippen molar-refractivity contribution in [1.82, 2.24) is 0 Å². The van der Waals surface area contributed by atoms with Gasteiger partial charge in [0.25, 0.3) is 0 Å². The van der Waals surface area contributed by atoms with Gasteiger partial charge in [-0.05, 0) is 19.3 Å². The minimum Gasteiger partial charge on any atom is -0.396 e. The summed E-state index contributed by atoms with van der Waals surface area (Å²) in [7, 11) is 0. The molecule has 1 unspecified atom stereocenters. The van der Waals surface area contributed by atoms with Gasteiger partial charge in [-0.25, -0.2) is 0 Å². The van der Waals surface area contributed by atoms with Gasteiger partial charge in [-0.1, -0.05) is 6.08 Å². The summed E-state index contributed by atoms with van der Waals surface area (Å²) in [4.78, 5) is 10.6. The summed E-state index contributed by atoms with van der Waals surface area (Å²) in [6.45, 7) is 3.40. The van der Waals surface area contributed by atoms with Crippen LogP contribution < -0.4 is 5.73 Å². The Morgan fingerprint density at radius 2 is 2.36 bits per heavy atom. The average Bonchev–Trinajstić information content (AvgIpc) is 1.97. The van der Waals surface area contributed by atoms with E-state index in [2.05, 4.69) is 6.58 Å². The number of primary amides is 1. The highest BCUT2D eigenvalue weighted by Crippen LogP contribution is 2.06. The number of aliphatic hydroxyl groups excluding tert-OH is 1. The molecule has 0 spiro atoms. The number of unbranched alkanes of at least 4 members (excludes halogenated alkanes) is 1. The third-order valence-electron chi connectivity index (χ3n) is 1.58. The molecule has 0 aliphatic rings.